The Morgan fingerprint density at radius 3 is 2.51 bits per heavy atom. The molecule has 2 N–H and O–H groups in total. The van der Waals surface area contributed by atoms with Gasteiger partial charge in [0.2, 0.25) is 11.8 Å². The van der Waals surface area contributed by atoms with Crippen molar-refractivity contribution in [3.05, 3.63) is 66.9 Å². The second-order valence-corrected chi connectivity index (χ2v) is 9.25. The van der Waals surface area contributed by atoms with Gasteiger partial charge in [0.1, 0.15) is 5.75 Å². The van der Waals surface area contributed by atoms with Crippen LogP contribution in [-0.4, -0.2) is 59.2 Å². The van der Waals surface area contributed by atoms with Crippen LogP contribution in [0, 0.1) is 11.8 Å². The molecule has 2 aromatic carbocycles. The summed E-state index contributed by atoms with van der Waals surface area (Å²) in [7, 11) is 0. The summed E-state index contributed by atoms with van der Waals surface area (Å²) >= 11 is 0. The predicted molar refractivity (Wildman–Crippen MR) is 132 cm³/mol. The molecule has 2 fully saturated rings. The van der Waals surface area contributed by atoms with Gasteiger partial charge in [0.15, 0.2) is 0 Å². The van der Waals surface area contributed by atoms with Gasteiger partial charge in [-0.2, -0.15) is 0 Å². The number of ether oxygens (including phenoxy) is 1. The molecule has 1 saturated carbocycles. The molecule has 1 aliphatic heterocycles. The van der Waals surface area contributed by atoms with Gasteiger partial charge in [0.05, 0.1) is 23.5 Å². The van der Waals surface area contributed by atoms with Crippen LogP contribution in [0.2, 0.25) is 0 Å². The molecule has 0 bridgehead atoms. The SMILES string of the molecule is O=C(NO)[C@H]1C[C@H](Oc2ccc3cccnc3c2)CC[C@@H]1C(=O)N1CCN(c2ccccc2)CC1. The van der Waals surface area contributed by atoms with Crippen LogP contribution in [0.25, 0.3) is 10.9 Å². The lowest BCUT2D eigenvalue weighted by atomic mass is 9.76. The number of nitrogens with zero attached hydrogens (tertiary/aromatic N) is 3. The normalized spacial score (nSPS) is 22.6. The fourth-order valence-electron chi connectivity index (χ4n) is 5.28. The molecule has 0 radical (unpaired) electrons. The zero-order valence-corrected chi connectivity index (χ0v) is 19.5. The van der Waals surface area contributed by atoms with E-state index in [-0.39, 0.29) is 12.0 Å². The molecule has 35 heavy (non-hydrogen) atoms. The first-order chi connectivity index (χ1) is 17.1. The van der Waals surface area contributed by atoms with Gasteiger partial charge in [0, 0.05) is 49.5 Å². The number of piperazine rings is 1. The quantitative estimate of drug-likeness (QED) is 0.436. The summed E-state index contributed by atoms with van der Waals surface area (Å²) in [5, 5.41) is 10.4. The van der Waals surface area contributed by atoms with Crippen LogP contribution >= 0.6 is 0 Å². The summed E-state index contributed by atoms with van der Waals surface area (Å²) in [4.78, 5) is 34.5. The predicted octanol–water partition coefficient (Wildman–Crippen LogP) is 3.25. The van der Waals surface area contributed by atoms with Crippen LogP contribution < -0.4 is 15.1 Å². The van der Waals surface area contributed by atoms with E-state index >= 15 is 0 Å². The minimum absolute atomic E-state index is 0.0142. The number of hydroxylamine groups is 1. The third-order valence-corrected chi connectivity index (χ3v) is 7.16. The molecule has 0 unspecified atom stereocenters. The third-order valence-electron chi connectivity index (χ3n) is 7.16. The summed E-state index contributed by atoms with van der Waals surface area (Å²) in [6, 6.07) is 19.8. The minimum Gasteiger partial charge on any atom is -0.490 e. The Labute approximate surface area is 204 Å². The first-order valence-electron chi connectivity index (χ1n) is 12.2. The molecule has 2 heterocycles. The van der Waals surface area contributed by atoms with Gasteiger partial charge >= 0.3 is 0 Å². The van der Waals surface area contributed by atoms with Gasteiger partial charge in [-0.1, -0.05) is 24.3 Å². The molecule has 3 aromatic rings. The van der Waals surface area contributed by atoms with Crippen molar-refractivity contribution in [3.8, 4) is 5.75 Å². The molecule has 2 aliphatic rings. The molecule has 8 nitrogen and oxygen atoms in total. The molecular formula is C27H30N4O4. The first-order valence-corrected chi connectivity index (χ1v) is 12.2. The van der Waals surface area contributed by atoms with Crippen molar-refractivity contribution in [2.45, 2.75) is 25.4 Å². The van der Waals surface area contributed by atoms with Gasteiger partial charge in [0.25, 0.3) is 0 Å². The number of benzene rings is 2. The lowest BCUT2D eigenvalue weighted by Gasteiger charge is -2.40. The summed E-state index contributed by atoms with van der Waals surface area (Å²) in [6.07, 6.45) is 3.08. The second-order valence-electron chi connectivity index (χ2n) is 9.25. The van der Waals surface area contributed by atoms with E-state index in [1.165, 1.54) is 0 Å². The Hall–Kier alpha value is -3.65. The van der Waals surface area contributed by atoms with Crippen LogP contribution in [0.1, 0.15) is 19.3 Å². The smallest absolute Gasteiger partial charge is 0.247 e. The summed E-state index contributed by atoms with van der Waals surface area (Å²) in [5.41, 5.74) is 3.77. The van der Waals surface area contributed by atoms with E-state index in [9.17, 15) is 14.8 Å². The largest absolute Gasteiger partial charge is 0.490 e. The fourth-order valence-corrected chi connectivity index (χ4v) is 5.28. The zero-order valence-electron chi connectivity index (χ0n) is 19.5. The average Bonchev–Trinajstić information content (AvgIpc) is 2.92. The number of nitrogens with one attached hydrogen (secondary N) is 1. The maximum absolute atomic E-state index is 13.4. The zero-order chi connectivity index (χ0) is 24.2. The van der Waals surface area contributed by atoms with Gasteiger partial charge in [-0.15, -0.1) is 0 Å². The Morgan fingerprint density at radius 1 is 0.943 bits per heavy atom. The number of hydrogen-bond donors (Lipinski definition) is 2. The Kier molecular flexibility index (Phi) is 6.81. The number of anilines is 1. The van der Waals surface area contributed by atoms with E-state index in [1.54, 1.807) is 11.7 Å². The number of aromatic nitrogens is 1. The van der Waals surface area contributed by atoms with Crippen LogP contribution in [0.5, 0.6) is 5.75 Å². The van der Waals surface area contributed by atoms with Crippen LogP contribution in [0.4, 0.5) is 5.69 Å². The van der Waals surface area contributed by atoms with Gasteiger partial charge < -0.3 is 14.5 Å². The van der Waals surface area contributed by atoms with Crippen molar-refractivity contribution in [2.24, 2.45) is 11.8 Å². The maximum Gasteiger partial charge on any atom is 0.247 e. The number of amides is 2. The van der Waals surface area contributed by atoms with Crippen LogP contribution in [0.15, 0.2) is 66.9 Å². The lowest BCUT2D eigenvalue weighted by molar-refractivity contribution is -0.148. The monoisotopic (exact) mass is 474 g/mol. The van der Waals surface area contributed by atoms with E-state index < -0.39 is 17.7 Å². The first kappa shape index (κ1) is 23.1. The van der Waals surface area contributed by atoms with Crippen molar-refractivity contribution in [1.29, 1.82) is 0 Å². The number of carbonyl (C=O) groups excluding carboxylic acids is 2. The van der Waals surface area contributed by atoms with Crippen molar-refractivity contribution < 1.29 is 19.5 Å². The Morgan fingerprint density at radius 2 is 1.74 bits per heavy atom. The average molecular weight is 475 g/mol. The number of rotatable bonds is 5. The van der Waals surface area contributed by atoms with E-state index in [0.717, 1.165) is 29.7 Å². The molecule has 5 rings (SSSR count). The highest BCUT2D eigenvalue weighted by molar-refractivity contribution is 5.87. The van der Waals surface area contributed by atoms with Crippen LogP contribution in [0.3, 0.4) is 0 Å². The molecule has 1 saturated heterocycles. The molecule has 8 heteroatoms. The minimum atomic E-state index is -0.642. The number of hydrogen-bond acceptors (Lipinski definition) is 6. The van der Waals surface area contributed by atoms with Crippen molar-refractivity contribution in [1.82, 2.24) is 15.4 Å². The highest BCUT2D eigenvalue weighted by atomic mass is 16.5. The fraction of sp³-hybridized carbons (Fsp3) is 0.370. The summed E-state index contributed by atoms with van der Waals surface area (Å²) < 4.78 is 6.19. The highest BCUT2D eigenvalue weighted by Crippen LogP contribution is 2.35. The lowest BCUT2D eigenvalue weighted by Crippen LogP contribution is -2.53. The molecule has 1 aliphatic carbocycles. The Bertz CT molecular complexity index is 1180. The Balaban J connectivity index is 1.23. The van der Waals surface area contributed by atoms with E-state index in [1.807, 2.05) is 53.4 Å². The number of pyridine rings is 1. The second kappa shape index (κ2) is 10.3. The highest BCUT2D eigenvalue weighted by Gasteiger charge is 2.42. The molecular weight excluding hydrogens is 444 g/mol. The standard InChI is InChI=1S/C27H30N4O4/c32-26(29-34)24-17-21(35-22-9-8-19-5-4-12-28-25(19)18-22)10-11-23(24)27(33)31-15-13-30(14-16-31)20-6-2-1-3-7-20/h1-9,12,18,21,23-24,34H,10-11,13-17H2,(H,29,32)/t21-,23+,24+/m1/s1. The van der Waals surface area contributed by atoms with Crippen molar-refractivity contribution >= 4 is 28.4 Å². The van der Waals surface area contributed by atoms with E-state index in [2.05, 4.69) is 22.0 Å². The third kappa shape index (κ3) is 5.07. The number of fused-ring (bicyclic) bond motifs is 1. The van der Waals surface area contributed by atoms with E-state index in [0.29, 0.717) is 38.1 Å². The molecule has 0 spiro atoms. The maximum atomic E-state index is 13.4. The van der Waals surface area contributed by atoms with Crippen LogP contribution in [-0.2, 0) is 9.59 Å². The van der Waals surface area contributed by atoms with Crippen molar-refractivity contribution in [2.75, 3.05) is 31.1 Å². The van der Waals surface area contributed by atoms with Gasteiger partial charge in [-0.25, -0.2) is 5.48 Å². The molecule has 182 valence electrons. The summed E-state index contributed by atoms with van der Waals surface area (Å²) in [5.74, 6) is -0.967. The number of para-hydroxylation sites is 1. The number of carbonyl (C=O) groups is 2. The van der Waals surface area contributed by atoms with Crippen molar-refractivity contribution in [3.63, 3.8) is 0 Å². The topological polar surface area (TPSA) is 95.0 Å². The van der Waals surface area contributed by atoms with Gasteiger partial charge in [-0.3, -0.25) is 19.8 Å². The molecule has 3 atom stereocenters. The van der Waals surface area contributed by atoms with E-state index in [4.69, 9.17) is 4.74 Å². The molecule has 2 amide bonds. The molecule has 1 aromatic heterocycles. The van der Waals surface area contributed by atoms with Gasteiger partial charge in [-0.05, 0) is 49.6 Å². The summed E-state index contributed by atoms with van der Waals surface area (Å²) in [6.45, 7) is 2.73.